The standard InChI is InChI=1S/C12H11N3O2/c16-12-8-7-17-6-4-9(8)14-11(15-12)10-3-1-2-5-13-10/h1-3,5H,4,6-7H2,(H,14,15,16). The number of hydrogen-bond acceptors (Lipinski definition) is 4. The van der Waals surface area contributed by atoms with Gasteiger partial charge in [-0.25, -0.2) is 4.98 Å². The number of fused-ring (bicyclic) bond motifs is 1. The van der Waals surface area contributed by atoms with Gasteiger partial charge in [0.25, 0.3) is 5.56 Å². The second-order valence-electron chi connectivity index (χ2n) is 3.86. The van der Waals surface area contributed by atoms with E-state index in [0.717, 1.165) is 5.69 Å². The molecule has 3 rings (SSSR count). The zero-order valence-electron chi connectivity index (χ0n) is 9.14. The van der Waals surface area contributed by atoms with Gasteiger partial charge in [0.1, 0.15) is 5.69 Å². The van der Waals surface area contributed by atoms with E-state index in [1.807, 2.05) is 18.2 Å². The summed E-state index contributed by atoms with van der Waals surface area (Å²) in [5.41, 5.74) is 2.01. The van der Waals surface area contributed by atoms with Gasteiger partial charge in [0.05, 0.1) is 24.5 Å². The van der Waals surface area contributed by atoms with Crippen LogP contribution < -0.4 is 5.56 Å². The molecule has 0 unspecified atom stereocenters. The first kappa shape index (κ1) is 10.2. The van der Waals surface area contributed by atoms with Crippen LogP contribution in [-0.2, 0) is 17.8 Å². The summed E-state index contributed by atoms with van der Waals surface area (Å²) in [5, 5.41) is 0. The Morgan fingerprint density at radius 1 is 1.35 bits per heavy atom. The lowest BCUT2D eigenvalue weighted by atomic mass is 10.1. The Bertz CT molecular complexity index is 592. The summed E-state index contributed by atoms with van der Waals surface area (Å²) >= 11 is 0. The molecule has 0 saturated heterocycles. The van der Waals surface area contributed by atoms with Gasteiger partial charge in [0, 0.05) is 12.6 Å². The molecule has 0 aliphatic carbocycles. The van der Waals surface area contributed by atoms with E-state index in [-0.39, 0.29) is 5.56 Å². The summed E-state index contributed by atoms with van der Waals surface area (Å²) in [4.78, 5) is 23.2. The zero-order valence-corrected chi connectivity index (χ0v) is 9.14. The van der Waals surface area contributed by atoms with Crippen LogP contribution in [0.4, 0.5) is 0 Å². The average Bonchev–Trinajstić information content (AvgIpc) is 2.40. The highest BCUT2D eigenvalue weighted by Gasteiger charge is 2.16. The zero-order chi connectivity index (χ0) is 11.7. The molecule has 2 aromatic rings. The third kappa shape index (κ3) is 1.85. The first-order valence-corrected chi connectivity index (χ1v) is 5.46. The molecule has 1 aliphatic rings. The summed E-state index contributed by atoms with van der Waals surface area (Å²) in [6, 6.07) is 5.52. The van der Waals surface area contributed by atoms with E-state index in [2.05, 4.69) is 15.0 Å². The van der Waals surface area contributed by atoms with Crippen LogP contribution in [0.3, 0.4) is 0 Å². The lowest BCUT2D eigenvalue weighted by molar-refractivity contribution is 0.108. The highest BCUT2D eigenvalue weighted by molar-refractivity contribution is 5.48. The van der Waals surface area contributed by atoms with E-state index in [4.69, 9.17) is 4.74 Å². The molecule has 5 heteroatoms. The van der Waals surface area contributed by atoms with Crippen LogP contribution in [0, 0.1) is 0 Å². The van der Waals surface area contributed by atoms with E-state index in [1.165, 1.54) is 0 Å². The second-order valence-corrected chi connectivity index (χ2v) is 3.86. The molecule has 17 heavy (non-hydrogen) atoms. The summed E-state index contributed by atoms with van der Waals surface area (Å²) in [5.74, 6) is 0.524. The highest BCUT2D eigenvalue weighted by atomic mass is 16.5. The predicted octanol–water partition coefficient (Wildman–Crippen LogP) is 0.905. The number of aromatic nitrogens is 3. The van der Waals surface area contributed by atoms with Crippen LogP contribution in [-0.4, -0.2) is 21.6 Å². The van der Waals surface area contributed by atoms with Crippen LogP contribution in [0.15, 0.2) is 29.2 Å². The van der Waals surface area contributed by atoms with Crippen molar-refractivity contribution in [2.24, 2.45) is 0 Å². The van der Waals surface area contributed by atoms with Crippen molar-refractivity contribution in [3.63, 3.8) is 0 Å². The minimum absolute atomic E-state index is 0.129. The van der Waals surface area contributed by atoms with E-state index < -0.39 is 0 Å². The molecular formula is C12H11N3O2. The lowest BCUT2D eigenvalue weighted by Crippen LogP contribution is -2.24. The number of nitrogens with zero attached hydrogens (tertiary/aromatic N) is 2. The van der Waals surface area contributed by atoms with Crippen molar-refractivity contribution >= 4 is 0 Å². The molecule has 0 saturated carbocycles. The molecule has 86 valence electrons. The number of ether oxygens (including phenoxy) is 1. The summed E-state index contributed by atoms with van der Waals surface area (Å²) in [7, 11) is 0. The van der Waals surface area contributed by atoms with E-state index in [0.29, 0.717) is 36.7 Å². The number of H-pyrrole nitrogens is 1. The van der Waals surface area contributed by atoms with Crippen LogP contribution in [0.2, 0.25) is 0 Å². The van der Waals surface area contributed by atoms with Crippen LogP contribution in [0.1, 0.15) is 11.3 Å². The lowest BCUT2D eigenvalue weighted by Gasteiger charge is -2.14. The number of nitrogens with one attached hydrogen (secondary N) is 1. The normalized spacial score (nSPS) is 14.4. The first-order chi connectivity index (χ1) is 8.34. The van der Waals surface area contributed by atoms with Gasteiger partial charge in [0.2, 0.25) is 0 Å². The Balaban J connectivity index is 2.14. The molecule has 3 heterocycles. The predicted molar refractivity (Wildman–Crippen MR) is 61.4 cm³/mol. The minimum Gasteiger partial charge on any atom is -0.376 e. The van der Waals surface area contributed by atoms with Gasteiger partial charge >= 0.3 is 0 Å². The highest BCUT2D eigenvalue weighted by Crippen LogP contribution is 2.14. The van der Waals surface area contributed by atoms with Gasteiger partial charge < -0.3 is 9.72 Å². The second kappa shape index (κ2) is 4.10. The molecule has 0 aromatic carbocycles. The first-order valence-electron chi connectivity index (χ1n) is 5.46. The van der Waals surface area contributed by atoms with Crippen molar-refractivity contribution in [3.8, 4) is 11.5 Å². The fourth-order valence-electron chi connectivity index (χ4n) is 1.87. The molecule has 0 spiro atoms. The molecule has 0 bridgehead atoms. The quantitative estimate of drug-likeness (QED) is 0.789. The van der Waals surface area contributed by atoms with Crippen molar-refractivity contribution in [1.29, 1.82) is 0 Å². The van der Waals surface area contributed by atoms with Gasteiger partial charge in [-0.2, -0.15) is 0 Å². The average molecular weight is 229 g/mol. The Kier molecular flexibility index (Phi) is 2.45. The minimum atomic E-state index is -0.129. The largest absolute Gasteiger partial charge is 0.376 e. The SMILES string of the molecule is O=c1[nH]c(-c2ccccn2)nc2c1COCC2. The Morgan fingerprint density at radius 2 is 2.29 bits per heavy atom. The van der Waals surface area contributed by atoms with E-state index in [9.17, 15) is 4.79 Å². The molecule has 0 fully saturated rings. The van der Waals surface area contributed by atoms with Crippen molar-refractivity contribution in [2.75, 3.05) is 6.61 Å². The van der Waals surface area contributed by atoms with Crippen LogP contribution >= 0.6 is 0 Å². The smallest absolute Gasteiger partial charge is 0.256 e. The number of aromatic amines is 1. The van der Waals surface area contributed by atoms with Gasteiger partial charge in [0.15, 0.2) is 5.82 Å². The topological polar surface area (TPSA) is 67.9 Å². The summed E-state index contributed by atoms with van der Waals surface area (Å²) < 4.78 is 5.25. The van der Waals surface area contributed by atoms with Gasteiger partial charge in [-0.3, -0.25) is 9.78 Å². The molecule has 2 aromatic heterocycles. The monoisotopic (exact) mass is 229 g/mol. The van der Waals surface area contributed by atoms with E-state index in [1.54, 1.807) is 6.20 Å². The maximum Gasteiger partial charge on any atom is 0.256 e. The molecule has 5 nitrogen and oxygen atoms in total. The number of hydrogen-bond donors (Lipinski definition) is 1. The van der Waals surface area contributed by atoms with Gasteiger partial charge in [-0.05, 0) is 12.1 Å². The fourth-order valence-corrected chi connectivity index (χ4v) is 1.87. The van der Waals surface area contributed by atoms with Crippen molar-refractivity contribution < 1.29 is 4.74 Å². The number of rotatable bonds is 1. The Labute approximate surface area is 97.5 Å². The third-order valence-corrected chi connectivity index (χ3v) is 2.74. The molecule has 0 atom stereocenters. The third-order valence-electron chi connectivity index (χ3n) is 2.74. The molecule has 1 aliphatic heterocycles. The summed E-state index contributed by atoms with van der Waals surface area (Å²) in [6.07, 6.45) is 2.36. The number of pyridine rings is 1. The van der Waals surface area contributed by atoms with Crippen molar-refractivity contribution in [1.82, 2.24) is 15.0 Å². The molecule has 1 N–H and O–H groups in total. The van der Waals surface area contributed by atoms with Crippen LogP contribution in [0.5, 0.6) is 0 Å². The van der Waals surface area contributed by atoms with Gasteiger partial charge in [-0.15, -0.1) is 0 Å². The van der Waals surface area contributed by atoms with E-state index >= 15 is 0 Å². The summed E-state index contributed by atoms with van der Waals surface area (Å²) in [6.45, 7) is 0.964. The maximum absolute atomic E-state index is 11.9. The van der Waals surface area contributed by atoms with Gasteiger partial charge in [-0.1, -0.05) is 6.07 Å². The molecule has 0 amide bonds. The Morgan fingerprint density at radius 3 is 3.12 bits per heavy atom. The molecular weight excluding hydrogens is 218 g/mol. The fraction of sp³-hybridized carbons (Fsp3) is 0.250. The Hall–Kier alpha value is -2.01. The maximum atomic E-state index is 11.9. The van der Waals surface area contributed by atoms with Crippen molar-refractivity contribution in [3.05, 3.63) is 46.0 Å². The van der Waals surface area contributed by atoms with Crippen LogP contribution in [0.25, 0.3) is 11.5 Å². The van der Waals surface area contributed by atoms with Crippen molar-refractivity contribution in [2.45, 2.75) is 13.0 Å². The molecule has 0 radical (unpaired) electrons.